The van der Waals surface area contributed by atoms with Crippen LogP contribution in [0.3, 0.4) is 0 Å². The summed E-state index contributed by atoms with van der Waals surface area (Å²) < 4.78 is 0. The van der Waals surface area contributed by atoms with E-state index in [9.17, 15) is 4.79 Å². The number of aliphatic hydroxyl groups is 1. The SMILES string of the molecule is [CH2]C(O)C(=O)C1CCCC1. The van der Waals surface area contributed by atoms with Crippen LogP contribution in [0.2, 0.25) is 0 Å². The summed E-state index contributed by atoms with van der Waals surface area (Å²) in [7, 11) is 0. The van der Waals surface area contributed by atoms with E-state index in [2.05, 4.69) is 6.92 Å². The Bertz CT molecular complexity index is 123. The van der Waals surface area contributed by atoms with Crippen LogP contribution in [0.4, 0.5) is 0 Å². The number of aliphatic hydroxyl groups excluding tert-OH is 1. The fraction of sp³-hybridized carbons (Fsp3) is 0.750. The van der Waals surface area contributed by atoms with Crippen LogP contribution in [0.25, 0.3) is 0 Å². The van der Waals surface area contributed by atoms with Crippen molar-refractivity contribution in [3.05, 3.63) is 6.92 Å². The highest BCUT2D eigenvalue weighted by atomic mass is 16.3. The predicted molar refractivity (Wildman–Crippen MR) is 38.3 cm³/mol. The fourth-order valence-corrected chi connectivity index (χ4v) is 1.48. The molecule has 0 bridgehead atoms. The Morgan fingerprint density at radius 2 is 2.00 bits per heavy atom. The van der Waals surface area contributed by atoms with Crippen molar-refractivity contribution in [1.29, 1.82) is 0 Å². The molecular weight excluding hydrogens is 128 g/mol. The quantitative estimate of drug-likeness (QED) is 0.621. The molecule has 1 saturated carbocycles. The molecular formula is C8H13O2. The van der Waals surface area contributed by atoms with E-state index in [4.69, 9.17) is 5.11 Å². The number of hydrogen-bond acceptors (Lipinski definition) is 2. The Morgan fingerprint density at radius 1 is 1.50 bits per heavy atom. The summed E-state index contributed by atoms with van der Waals surface area (Å²) in [5, 5.41) is 8.82. The van der Waals surface area contributed by atoms with Gasteiger partial charge >= 0.3 is 0 Å². The second-order valence-corrected chi connectivity index (χ2v) is 2.90. The Labute approximate surface area is 61.2 Å². The molecule has 1 N–H and O–H groups in total. The van der Waals surface area contributed by atoms with Crippen LogP contribution < -0.4 is 0 Å². The highest BCUT2D eigenvalue weighted by Crippen LogP contribution is 2.26. The monoisotopic (exact) mass is 141 g/mol. The van der Waals surface area contributed by atoms with Gasteiger partial charge in [-0.1, -0.05) is 12.8 Å². The third kappa shape index (κ3) is 1.57. The van der Waals surface area contributed by atoms with E-state index in [0.717, 1.165) is 25.7 Å². The lowest BCUT2D eigenvalue weighted by atomic mass is 9.99. The van der Waals surface area contributed by atoms with Crippen LogP contribution >= 0.6 is 0 Å². The number of carbonyl (C=O) groups is 1. The zero-order valence-electron chi connectivity index (χ0n) is 6.05. The van der Waals surface area contributed by atoms with E-state index in [0.29, 0.717) is 0 Å². The van der Waals surface area contributed by atoms with Gasteiger partial charge in [0.25, 0.3) is 0 Å². The topological polar surface area (TPSA) is 37.3 Å². The first-order valence-corrected chi connectivity index (χ1v) is 3.76. The van der Waals surface area contributed by atoms with Gasteiger partial charge in [0.1, 0.15) is 6.10 Å². The molecule has 0 aromatic rings. The van der Waals surface area contributed by atoms with E-state index in [1.54, 1.807) is 0 Å². The Morgan fingerprint density at radius 3 is 2.40 bits per heavy atom. The molecule has 0 heterocycles. The van der Waals surface area contributed by atoms with Gasteiger partial charge in [-0.2, -0.15) is 0 Å². The van der Waals surface area contributed by atoms with Crippen LogP contribution in [-0.2, 0) is 4.79 Å². The van der Waals surface area contributed by atoms with Crippen molar-refractivity contribution < 1.29 is 9.90 Å². The van der Waals surface area contributed by atoms with Crippen LogP contribution in [-0.4, -0.2) is 17.0 Å². The molecule has 1 radical (unpaired) electrons. The van der Waals surface area contributed by atoms with Crippen molar-refractivity contribution in [1.82, 2.24) is 0 Å². The van der Waals surface area contributed by atoms with Gasteiger partial charge in [-0.3, -0.25) is 4.79 Å². The Kier molecular flexibility index (Phi) is 2.44. The molecule has 1 fully saturated rings. The molecule has 1 aliphatic carbocycles. The molecule has 1 rings (SSSR count). The van der Waals surface area contributed by atoms with Crippen molar-refractivity contribution in [3.8, 4) is 0 Å². The van der Waals surface area contributed by atoms with Crippen molar-refractivity contribution in [2.45, 2.75) is 31.8 Å². The Balaban J connectivity index is 2.40. The summed E-state index contributed by atoms with van der Waals surface area (Å²) in [6.07, 6.45) is 3.16. The van der Waals surface area contributed by atoms with Crippen molar-refractivity contribution in [2.24, 2.45) is 5.92 Å². The van der Waals surface area contributed by atoms with Gasteiger partial charge in [0, 0.05) is 5.92 Å². The first-order chi connectivity index (χ1) is 4.72. The summed E-state index contributed by atoms with van der Waals surface area (Å²) in [4.78, 5) is 11.0. The maximum Gasteiger partial charge on any atom is 0.164 e. The van der Waals surface area contributed by atoms with Crippen molar-refractivity contribution in [3.63, 3.8) is 0 Å². The van der Waals surface area contributed by atoms with Gasteiger partial charge in [-0.05, 0) is 19.8 Å². The number of ketones is 1. The van der Waals surface area contributed by atoms with E-state index in [1.807, 2.05) is 0 Å². The van der Waals surface area contributed by atoms with Crippen LogP contribution in [0.5, 0.6) is 0 Å². The van der Waals surface area contributed by atoms with E-state index in [1.165, 1.54) is 0 Å². The zero-order valence-corrected chi connectivity index (χ0v) is 6.05. The van der Waals surface area contributed by atoms with E-state index >= 15 is 0 Å². The molecule has 1 aliphatic rings. The highest BCUT2D eigenvalue weighted by Gasteiger charge is 2.25. The third-order valence-electron chi connectivity index (χ3n) is 2.09. The van der Waals surface area contributed by atoms with E-state index in [-0.39, 0.29) is 11.7 Å². The maximum atomic E-state index is 11.0. The molecule has 2 nitrogen and oxygen atoms in total. The molecule has 10 heavy (non-hydrogen) atoms. The number of Topliss-reactive ketones (excluding diaryl/α,β-unsaturated/α-hetero) is 1. The minimum atomic E-state index is -0.997. The van der Waals surface area contributed by atoms with Crippen molar-refractivity contribution >= 4 is 5.78 Å². The summed E-state index contributed by atoms with van der Waals surface area (Å²) >= 11 is 0. The van der Waals surface area contributed by atoms with Crippen molar-refractivity contribution in [2.75, 3.05) is 0 Å². The van der Waals surface area contributed by atoms with E-state index < -0.39 is 6.10 Å². The van der Waals surface area contributed by atoms with Gasteiger partial charge in [0.2, 0.25) is 0 Å². The van der Waals surface area contributed by atoms with Crippen LogP contribution in [0, 0.1) is 12.8 Å². The Hall–Kier alpha value is -0.370. The predicted octanol–water partition coefficient (Wildman–Crippen LogP) is 0.941. The minimum absolute atomic E-state index is 0.0718. The summed E-state index contributed by atoms with van der Waals surface area (Å²) in [5.74, 6) is 0.0324. The molecule has 0 spiro atoms. The van der Waals surface area contributed by atoms with Gasteiger partial charge in [-0.25, -0.2) is 0 Å². The number of rotatable bonds is 2. The molecule has 1 unspecified atom stereocenters. The summed E-state index contributed by atoms with van der Waals surface area (Å²) in [5.41, 5.74) is 0. The lowest BCUT2D eigenvalue weighted by Gasteiger charge is -2.08. The maximum absolute atomic E-state index is 11.0. The summed E-state index contributed by atoms with van der Waals surface area (Å²) in [6.45, 7) is 3.29. The van der Waals surface area contributed by atoms with Crippen LogP contribution in [0.1, 0.15) is 25.7 Å². The molecule has 0 saturated heterocycles. The summed E-state index contributed by atoms with van der Waals surface area (Å²) in [6, 6.07) is 0. The zero-order chi connectivity index (χ0) is 7.56. The molecule has 0 aromatic carbocycles. The number of hydrogen-bond donors (Lipinski definition) is 1. The molecule has 2 heteroatoms. The lowest BCUT2D eigenvalue weighted by Crippen LogP contribution is -2.23. The molecule has 0 aromatic heterocycles. The van der Waals surface area contributed by atoms with Gasteiger partial charge < -0.3 is 5.11 Å². The van der Waals surface area contributed by atoms with Gasteiger partial charge in [0.15, 0.2) is 5.78 Å². The molecule has 57 valence electrons. The lowest BCUT2D eigenvalue weighted by molar-refractivity contribution is -0.128. The standard InChI is InChI=1S/C8H13O2/c1-6(9)8(10)7-4-2-3-5-7/h6-7,9H,1-5H2. The first-order valence-electron chi connectivity index (χ1n) is 3.76. The smallest absolute Gasteiger partial charge is 0.164 e. The number of carbonyl (C=O) groups excluding carboxylic acids is 1. The average molecular weight is 141 g/mol. The molecule has 0 amide bonds. The van der Waals surface area contributed by atoms with Gasteiger partial charge in [-0.15, -0.1) is 0 Å². The first kappa shape index (κ1) is 7.73. The fourth-order valence-electron chi connectivity index (χ4n) is 1.48. The highest BCUT2D eigenvalue weighted by molar-refractivity contribution is 5.85. The normalized spacial score (nSPS) is 23.0. The van der Waals surface area contributed by atoms with Gasteiger partial charge in [0.05, 0.1) is 0 Å². The second-order valence-electron chi connectivity index (χ2n) is 2.90. The minimum Gasteiger partial charge on any atom is -0.385 e. The van der Waals surface area contributed by atoms with Crippen LogP contribution in [0.15, 0.2) is 0 Å². The second kappa shape index (κ2) is 3.15. The molecule has 0 aliphatic heterocycles. The average Bonchev–Trinajstić information content (AvgIpc) is 2.36. The molecule has 1 atom stereocenters. The third-order valence-corrected chi connectivity index (χ3v) is 2.09. The largest absolute Gasteiger partial charge is 0.385 e.